The van der Waals surface area contributed by atoms with Gasteiger partial charge in [-0.2, -0.15) is 0 Å². The van der Waals surface area contributed by atoms with Crippen LogP contribution in [0.5, 0.6) is 0 Å². The fourth-order valence-electron chi connectivity index (χ4n) is 10.6. The second-order valence-electron chi connectivity index (χ2n) is 16.0. The Morgan fingerprint density at radius 3 is 1.88 bits per heavy atom. The molecule has 0 amide bonds. The van der Waals surface area contributed by atoms with E-state index in [1.807, 2.05) is 0 Å². The summed E-state index contributed by atoms with van der Waals surface area (Å²) in [6.07, 6.45) is 4.97. The van der Waals surface area contributed by atoms with Crippen LogP contribution in [0.1, 0.15) is 36.8 Å². The molecule has 1 heterocycles. The van der Waals surface area contributed by atoms with Crippen molar-refractivity contribution in [2.24, 2.45) is 0 Å². The third-order valence-electron chi connectivity index (χ3n) is 13.1. The van der Waals surface area contributed by atoms with E-state index >= 15 is 0 Å². The molecule has 2 heteroatoms. The van der Waals surface area contributed by atoms with Gasteiger partial charge in [0.05, 0.1) is 16.7 Å². The molecule has 57 heavy (non-hydrogen) atoms. The largest absolute Gasteiger partial charge is 0.310 e. The minimum atomic E-state index is 0.0871. The fraction of sp³-hybridized carbons (Fsp3) is 0.0909. The number of hydrogen-bond acceptors (Lipinski definition) is 1. The van der Waals surface area contributed by atoms with Crippen molar-refractivity contribution >= 4 is 60.4 Å². The van der Waals surface area contributed by atoms with Gasteiger partial charge in [-0.25, -0.2) is 0 Å². The Labute approximate surface area is 332 Å². The average molecular weight is 729 g/mol. The lowest BCUT2D eigenvalue weighted by molar-refractivity contribution is 0.550. The Balaban J connectivity index is 1.04. The molecule has 0 unspecified atom stereocenters. The number of nitrogens with zero attached hydrogens (tertiary/aromatic N) is 2. The number of aromatic nitrogens is 1. The molecule has 10 aromatic rings. The SMILES string of the molecule is c1ccc(-n2c3ccccc3c3ccc(-c4ccc(N(c5ccc6c(c5)C5(CCCC5)c5ccccc5-6)c5cc6ccccc6c6ccccc56)cc4)cc32)cc1. The van der Waals surface area contributed by atoms with E-state index in [-0.39, 0.29) is 5.41 Å². The van der Waals surface area contributed by atoms with Crippen LogP contribution in [-0.4, -0.2) is 4.57 Å². The van der Waals surface area contributed by atoms with E-state index in [4.69, 9.17) is 0 Å². The van der Waals surface area contributed by atoms with E-state index in [0.29, 0.717) is 0 Å². The van der Waals surface area contributed by atoms with E-state index in [0.717, 1.165) is 5.69 Å². The number of para-hydroxylation sites is 2. The maximum Gasteiger partial charge on any atom is 0.0547 e. The smallest absolute Gasteiger partial charge is 0.0547 e. The molecule has 9 aromatic carbocycles. The summed E-state index contributed by atoms with van der Waals surface area (Å²) < 4.78 is 2.40. The highest BCUT2D eigenvalue weighted by molar-refractivity contribution is 6.15. The summed E-state index contributed by atoms with van der Waals surface area (Å²) in [7, 11) is 0. The summed E-state index contributed by atoms with van der Waals surface area (Å²) in [5.41, 5.74) is 15.5. The van der Waals surface area contributed by atoms with E-state index < -0.39 is 0 Å². The van der Waals surface area contributed by atoms with Gasteiger partial charge in [0.2, 0.25) is 0 Å². The van der Waals surface area contributed by atoms with Crippen molar-refractivity contribution in [3.8, 4) is 27.9 Å². The van der Waals surface area contributed by atoms with Gasteiger partial charge in [0, 0.05) is 38.6 Å². The lowest BCUT2D eigenvalue weighted by Crippen LogP contribution is -2.21. The maximum absolute atomic E-state index is 2.54. The van der Waals surface area contributed by atoms with Crippen LogP contribution in [0.4, 0.5) is 17.1 Å². The summed E-state index contributed by atoms with van der Waals surface area (Å²) >= 11 is 0. The van der Waals surface area contributed by atoms with Gasteiger partial charge in [-0.3, -0.25) is 0 Å². The standard InChI is InChI=1S/C55H40N2/c1-2-15-40(16-3-1)57-52-23-11-9-21-48(52)49-30-26-38(34-54(49)57)37-24-27-41(28-25-37)56(53-35-39-14-4-5-17-43(39)44-18-6-7-20-47(44)53)42-29-31-46-45-19-8-10-22-50(45)55(51(46)36-42)32-12-13-33-55/h1-11,14-31,34-36H,12-13,32-33H2. The summed E-state index contributed by atoms with van der Waals surface area (Å²) in [5.74, 6) is 0. The lowest BCUT2D eigenvalue weighted by atomic mass is 9.76. The Morgan fingerprint density at radius 2 is 1.04 bits per heavy atom. The Kier molecular flexibility index (Phi) is 7.13. The van der Waals surface area contributed by atoms with Gasteiger partial charge in [-0.1, -0.05) is 152 Å². The van der Waals surface area contributed by atoms with Crippen LogP contribution in [-0.2, 0) is 5.41 Å². The molecule has 1 aromatic heterocycles. The summed E-state index contributed by atoms with van der Waals surface area (Å²) in [5, 5.41) is 7.59. The van der Waals surface area contributed by atoms with Crippen molar-refractivity contribution in [2.75, 3.05) is 4.90 Å². The first-order valence-electron chi connectivity index (χ1n) is 20.4. The Bertz CT molecular complexity index is 3180. The molecule has 0 radical (unpaired) electrons. The highest BCUT2D eigenvalue weighted by Gasteiger charge is 2.45. The molecule has 1 spiro atoms. The van der Waals surface area contributed by atoms with Crippen molar-refractivity contribution in [2.45, 2.75) is 31.1 Å². The van der Waals surface area contributed by atoms with Crippen LogP contribution in [0.25, 0.3) is 71.3 Å². The third-order valence-corrected chi connectivity index (χ3v) is 13.1. The van der Waals surface area contributed by atoms with Gasteiger partial charge in [0.15, 0.2) is 0 Å². The van der Waals surface area contributed by atoms with Gasteiger partial charge in [0.25, 0.3) is 0 Å². The van der Waals surface area contributed by atoms with Crippen molar-refractivity contribution in [3.05, 3.63) is 205 Å². The zero-order valence-corrected chi connectivity index (χ0v) is 31.7. The third kappa shape index (κ3) is 4.83. The van der Waals surface area contributed by atoms with E-state index in [9.17, 15) is 0 Å². The van der Waals surface area contributed by atoms with E-state index in [2.05, 4.69) is 204 Å². The van der Waals surface area contributed by atoms with Crippen LogP contribution >= 0.6 is 0 Å². The summed E-state index contributed by atoms with van der Waals surface area (Å²) in [6, 6.07) is 72.3. The van der Waals surface area contributed by atoms with E-state index in [1.54, 1.807) is 0 Å². The Hall–Kier alpha value is -6.90. The average Bonchev–Trinajstić information content (AvgIpc) is 3.98. The predicted octanol–water partition coefficient (Wildman–Crippen LogP) is 15.1. The zero-order valence-electron chi connectivity index (χ0n) is 31.7. The van der Waals surface area contributed by atoms with Gasteiger partial charge >= 0.3 is 0 Å². The van der Waals surface area contributed by atoms with Crippen molar-refractivity contribution in [1.29, 1.82) is 0 Å². The number of fused-ring (bicyclic) bond motifs is 11. The van der Waals surface area contributed by atoms with Crippen LogP contribution in [0.3, 0.4) is 0 Å². The summed E-state index contributed by atoms with van der Waals surface area (Å²) in [6.45, 7) is 0. The van der Waals surface area contributed by atoms with Crippen molar-refractivity contribution < 1.29 is 0 Å². The van der Waals surface area contributed by atoms with Crippen molar-refractivity contribution in [1.82, 2.24) is 4.57 Å². The number of hydrogen-bond donors (Lipinski definition) is 0. The second-order valence-corrected chi connectivity index (χ2v) is 16.0. The molecule has 0 N–H and O–H groups in total. The van der Waals surface area contributed by atoms with Crippen LogP contribution in [0.2, 0.25) is 0 Å². The number of benzene rings is 9. The molecule has 1 fully saturated rings. The highest BCUT2D eigenvalue weighted by Crippen LogP contribution is 2.58. The molecular formula is C55H40N2. The van der Waals surface area contributed by atoms with Gasteiger partial charge in [0.1, 0.15) is 0 Å². The number of rotatable bonds is 5. The van der Waals surface area contributed by atoms with Crippen molar-refractivity contribution in [3.63, 3.8) is 0 Å². The topological polar surface area (TPSA) is 8.17 Å². The molecule has 0 aliphatic heterocycles. The minimum Gasteiger partial charge on any atom is -0.310 e. The quantitative estimate of drug-likeness (QED) is 0.160. The first-order valence-corrected chi connectivity index (χ1v) is 20.4. The van der Waals surface area contributed by atoms with Crippen LogP contribution < -0.4 is 4.90 Å². The molecule has 2 aliphatic carbocycles. The van der Waals surface area contributed by atoms with Crippen LogP contribution in [0, 0.1) is 0 Å². The zero-order chi connectivity index (χ0) is 37.5. The maximum atomic E-state index is 2.54. The molecule has 0 saturated heterocycles. The second kappa shape index (κ2) is 12.6. The van der Waals surface area contributed by atoms with E-state index in [1.165, 1.54) is 119 Å². The number of anilines is 3. The normalized spacial score (nSPS) is 14.2. The molecule has 1 saturated carbocycles. The monoisotopic (exact) mass is 728 g/mol. The van der Waals surface area contributed by atoms with Gasteiger partial charge in [-0.05, 0) is 117 Å². The van der Waals surface area contributed by atoms with Crippen LogP contribution in [0.15, 0.2) is 194 Å². The molecule has 0 bridgehead atoms. The fourth-order valence-corrected chi connectivity index (χ4v) is 10.6. The molecule has 2 aliphatic rings. The van der Waals surface area contributed by atoms with Gasteiger partial charge in [-0.15, -0.1) is 0 Å². The molecule has 2 nitrogen and oxygen atoms in total. The lowest BCUT2D eigenvalue weighted by Gasteiger charge is -2.31. The Morgan fingerprint density at radius 1 is 0.404 bits per heavy atom. The highest BCUT2D eigenvalue weighted by atomic mass is 15.1. The molecular weight excluding hydrogens is 689 g/mol. The first kappa shape index (κ1) is 32.4. The van der Waals surface area contributed by atoms with Gasteiger partial charge < -0.3 is 9.47 Å². The summed E-state index contributed by atoms with van der Waals surface area (Å²) in [4.78, 5) is 2.51. The molecule has 270 valence electrons. The minimum absolute atomic E-state index is 0.0871. The first-order chi connectivity index (χ1) is 28.2. The predicted molar refractivity (Wildman–Crippen MR) is 241 cm³/mol. The molecule has 12 rings (SSSR count). The molecule has 0 atom stereocenters.